The maximum absolute atomic E-state index is 13.0. The lowest BCUT2D eigenvalue weighted by molar-refractivity contribution is 0.187. The van der Waals surface area contributed by atoms with Gasteiger partial charge in [0.1, 0.15) is 0 Å². The second kappa shape index (κ2) is 6.51. The highest BCUT2D eigenvalue weighted by Gasteiger charge is 2.20. The van der Waals surface area contributed by atoms with Crippen LogP contribution in [-0.2, 0) is 24.9 Å². The molecule has 3 rings (SSSR count). The summed E-state index contributed by atoms with van der Waals surface area (Å²) in [5.74, 6) is 1.06. The molecule has 8 nitrogen and oxygen atoms in total. The minimum atomic E-state index is -0.320. The van der Waals surface area contributed by atoms with Crippen LogP contribution in [0.1, 0.15) is 26.0 Å². The molecule has 8 heteroatoms. The number of hydrogen-bond donors (Lipinski definition) is 0. The van der Waals surface area contributed by atoms with Gasteiger partial charge in [-0.25, -0.2) is 4.79 Å². The van der Waals surface area contributed by atoms with E-state index in [9.17, 15) is 9.59 Å². The van der Waals surface area contributed by atoms with Crippen LogP contribution in [0.15, 0.2) is 15.8 Å². The van der Waals surface area contributed by atoms with Crippen molar-refractivity contribution in [2.24, 2.45) is 13.0 Å². The van der Waals surface area contributed by atoms with Crippen LogP contribution in [0.25, 0.3) is 16.9 Å². The summed E-state index contributed by atoms with van der Waals surface area (Å²) in [5, 5.41) is 0. The molecule has 0 unspecified atom stereocenters. The first-order valence-electron chi connectivity index (χ1n) is 8.53. The Labute approximate surface area is 145 Å². The van der Waals surface area contributed by atoms with E-state index >= 15 is 0 Å². The fraction of sp³-hybridized carbons (Fsp3) is 0.588. The van der Waals surface area contributed by atoms with Gasteiger partial charge < -0.3 is 9.30 Å². The molecule has 0 radical (unpaired) electrons. The summed E-state index contributed by atoms with van der Waals surface area (Å²) in [6, 6.07) is 0. The molecule has 136 valence electrons. The monoisotopic (exact) mass is 347 g/mol. The minimum Gasteiger partial charge on any atom is -0.383 e. The highest BCUT2D eigenvalue weighted by molar-refractivity contribution is 5.75. The van der Waals surface area contributed by atoms with Crippen molar-refractivity contribution in [2.45, 2.75) is 40.3 Å². The maximum atomic E-state index is 13.0. The quantitative estimate of drug-likeness (QED) is 0.670. The second-order valence-corrected chi connectivity index (χ2v) is 6.85. The fourth-order valence-corrected chi connectivity index (χ4v) is 3.10. The highest BCUT2D eigenvalue weighted by atomic mass is 16.5. The van der Waals surface area contributed by atoms with Crippen molar-refractivity contribution in [3.63, 3.8) is 0 Å². The number of imidazole rings is 2. The third kappa shape index (κ3) is 2.80. The predicted octanol–water partition coefficient (Wildman–Crippen LogP) is 1.15. The molecule has 0 amide bonds. The van der Waals surface area contributed by atoms with Gasteiger partial charge in [0.05, 0.1) is 6.61 Å². The molecule has 0 N–H and O–H groups in total. The number of methoxy groups -OCH3 is 1. The van der Waals surface area contributed by atoms with Gasteiger partial charge in [-0.05, 0) is 19.3 Å². The van der Waals surface area contributed by atoms with Crippen LogP contribution in [-0.4, -0.2) is 36.8 Å². The topological polar surface area (TPSA) is 75.5 Å². The molecular formula is C17H25N5O3. The van der Waals surface area contributed by atoms with Gasteiger partial charge in [-0.15, -0.1) is 0 Å². The Morgan fingerprint density at radius 1 is 1.20 bits per heavy atom. The van der Waals surface area contributed by atoms with E-state index in [0.717, 1.165) is 12.1 Å². The third-order valence-electron chi connectivity index (χ3n) is 4.59. The minimum absolute atomic E-state index is 0.282. The van der Waals surface area contributed by atoms with E-state index in [1.807, 2.05) is 17.7 Å². The molecule has 0 bridgehead atoms. The summed E-state index contributed by atoms with van der Waals surface area (Å²) in [5.41, 5.74) is 1.25. The predicted molar refractivity (Wildman–Crippen MR) is 96.3 cm³/mol. The maximum Gasteiger partial charge on any atom is 0.332 e. The van der Waals surface area contributed by atoms with Gasteiger partial charge >= 0.3 is 5.69 Å². The molecule has 0 aromatic carbocycles. The van der Waals surface area contributed by atoms with Crippen molar-refractivity contribution in [3.8, 4) is 0 Å². The number of hydrogen-bond acceptors (Lipinski definition) is 4. The summed E-state index contributed by atoms with van der Waals surface area (Å²) in [6.07, 6.45) is 2.66. The Balaban J connectivity index is 2.28. The first kappa shape index (κ1) is 17.5. The van der Waals surface area contributed by atoms with Crippen molar-refractivity contribution in [1.82, 2.24) is 23.1 Å². The van der Waals surface area contributed by atoms with Crippen LogP contribution in [0.3, 0.4) is 0 Å². The summed E-state index contributed by atoms with van der Waals surface area (Å²) < 4.78 is 11.7. The zero-order valence-corrected chi connectivity index (χ0v) is 15.4. The first-order valence-corrected chi connectivity index (χ1v) is 8.53. The lowest BCUT2D eigenvalue weighted by atomic mass is 10.1. The molecule has 0 fully saturated rings. The molecule has 3 aromatic heterocycles. The molecule has 0 aliphatic rings. The Kier molecular flexibility index (Phi) is 4.55. The van der Waals surface area contributed by atoms with Crippen molar-refractivity contribution in [3.05, 3.63) is 32.7 Å². The van der Waals surface area contributed by atoms with E-state index in [2.05, 4.69) is 18.8 Å². The molecule has 3 aromatic rings. The molecule has 0 saturated heterocycles. The van der Waals surface area contributed by atoms with Crippen LogP contribution < -0.4 is 11.2 Å². The third-order valence-corrected chi connectivity index (χ3v) is 4.59. The molecular weight excluding hydrogens is 322 g/mol. The van der Waals surface area contributed by atoms with Crippen LogP contribution >= 0.6 is 0 Å². The Morgan fingerprint density at radius 2 is 1.92 bits per heavy atom. The molecule has 0 saturated carbocycles. The molecule has 25 heavy (non-hydrogen) atoms. The second-order valence-electron chi connectivity index (χ2n) is 6.85. The number of ether oxygens (including phenoxy) is 1. The first-order chi connectivity index (χ1) is 11.9. The molecule has 0 aliphatic heterocycles. The van der Waals surface area contributed by atoms with Crippen LogP contribution in [0, 0.1) is 12.8 Å². The molecule has 3 heterocycles. The lowest BCUT2D eigenvalue weighted by Gasteiger charge is -2.09. The summed E-state index contributed by atoms with van der Waals surface area (Å²) in [6.45, 7) is 7.71. The highest BCUT2D eigenvalue weighted by Crippen LogP contribution is 2.16. The SMILES string of the molecule is COCCn1c(C)cn2c3c(=O)n(CCC(C)C)c(=O)n(C)c3nc12. The van der Waals surface area contributed by atoms with Crippen molar-refractivity contribution >= 4 is 16.9 Å². The fourth-order valence-electron chi connectivity index (χ4n) is 3.10. The number of rotatable bonds is 6. The van der Waals surface area contributed by atoms with Crippen LogP contribution in [0.5, 0.6) is 0 Å². The summed E-state index contributed by atoms with van der Waals surface area (Å²) in [7, 11) is 3.31. The van der Waals surface area contributed by atoms with Crippen molar-refractivity contribution in [1.29, 1.82) is 0 Å². The van der Waals surface area contributed by atoms with Gasteiger partial charge in [-0.3, -0.25) is 18.3 Å². The van der Waals surface area contributed by atoms with Gasteiger partial charge in [-0.2, -0.15) is 4.98 Å². The van der Waals surface area contributed by atoms with Crippen LogP contribution in [0.2, 0.25) is 0 Å². The lowest BCUT2D eigenvalue weighted by Crippen LogP contribution is -2.39. The Bertz CT molecular complexity index is 1030. The Hall–Kier alpha value is -2.35. The number of fused-ring (bicyclic) bond motifs is 3. The van der Waals surface area contributed by atoms with E-state index in [1.54, 1.807) is 18.6 Å². The van der Waals surface area contributed by atoms with Gasteiger partial charge in [0.25, 0.3) is 5.56 Å². The summed E-state index contributed by atoms with van der Waals surface area (Å²) in [4.78, 5) is 30.1. The standard InChI is InChI=1S/C17H25N5O3/c1-11(2)6-7-21-15(23)13-14(19(4)17(21)24)18-16-20(8-9-25-5)12(3)10-22(13)16/h10-11H,6-9H2,1-5H3. The van der Waals surface area contributed by atoms with E-state index in [-0.39, 0.29) is 11.2 Å². The molecule has 0 aliphatic carbocycles. The van der Waals surface area contributed by atoms with Gasteiger partial charge in [-0.1, -0.05) is 13.8 Å². The van der Waals surface area contributed by atoms with Crippen molar-refractivity contribution < 1.29 is 4.74 Å². The van der Waals surface area contributed by atoms with Gasteiger partial charge in [0, 0.05) is 39.1 Å². The molecule has 0 spiro atoms. The number of nitrogens with zero attached hydrogens (tertiary/aromatic N) is 5. The zero-order chi connectivity index (χ0) is 18.3. The zero-order valence-electron chi connectivity index (χ0n) is 15.4. The average molecular weight is 347 g/mol. The number of aromatic nitrogens is 5. The van der Waals surface area contributed by atoms with Gasteiger partial charge in [0.15, 0.2) is 11.2 Å². The van der Waals surface area contributed by atoms with E-state index in [0.29, 0.717) is 42.6 Å². The van der Waals surface area contributed by atoms with Gasteiger partial charge in [0.2, 0.25) is 5.78 Å². The van der Waals surface area contributed by atoms with E-state index in [4.69, 9.17) is 4.74 Å². The van der Waals surface area contributed by atoms with E-state index < -0.39 is 0 Å². The number of aryl methyl sites for hydroxylation is 2. The van der Waals surface area contributed by atoms with Crippen LogP contribution in [0.4, 0.5) is 0 Å². The average Bonchev–Trinajstić information content (AvgIpc) is 3.06. The largest absolute Gasteiger partial charge is 0.383 e. The van der Waals surface area contributed by atoms with E-state index in [1.165, 1.54) is 9.13 Å². The molecule has 0 atom stereocenters. The summed E-state index contributed by atoms with van der Waals surface area (Å²) >= 11 is 0. The Morgan fingerprint density at radius 3 is 2.56 bits per heavy atom. The smallest absolute Gasteiger partial charge is 0.332 e. The van der Waals surface area contributed by atoms with Crippen molar-refractivity contribution in [2.75, 3.05) is 13.7 Å². The normalized spacial score (nSPS) is 12.1.